The summed E-state index contributed by atoms with van der Waals surface area (Å²) in [5, 5.41) is 2.90. The van der Waals surface area contributed by atoms with Gasteiger partial charge in [0.15, 0.2) is 0 Å². The van der Waals surface area contributed by atoms with E-state index in [-0.39, 0.29) is 5.91 Å². The van der Waals surface area contributed by atoms with Gasteiger partial charge in [-0.1, -0.05) is 42.0 Å². The summed E-state index contributed by atoms with van der Waals surface area (Å²) in [6.45, 7) is 3.91. The lowest BCUT2D eigenvalue weighted by Gasteiger charge is -2.07. The van der Waals surface area contributed by atoms with Crippen LogP contribution in [0.4, 0.5) is 0 Å². The third kappa shape index (κ3) is 2.72. The van der Waals surface area contributed by atoms with E-state index in [0.717, 1.165) is 16.8 Å². The van der Waals surface area contributed by atoms with Crippen LogP contribution in [0.25, 0.3) is 0 Å². The normalized spacial score (nSPS) is 12.9. The van der Waals surface area contributed by atoms with Gasteiger partial charge in [0.25, 0.3) is 5.91 Å². The number of hydrogen-bond acceptors (Lipinski definition) is 1. The van der Waals surface area contributed by atoms with E-state index in [1.54, 1.807) is 0 Å². The number of benzene rings is 1. The first-order chi connectivity index (χ1) is 8.16. The summed E-state index contributed by atoms with van der Waals surface area (Å²) in [6, 6.07) is 7.55. The van der Waals surface area contributed by atoms with Crippen LogP contribution in [0.1, 0.15) is 22.8 Å². The van der Waals surface area contributed by atoms with Crippen LogP contribution >= 0.6 is 0 Å². The molecule has 0 saturated carbocycles. The number of rotatable bonds is 2. The molecule has 17 heavy (non-hydrogen) atoms. The Hall–Kier alpha value is -2.09. The fourth-order valence-corrected chi connectivity index (χ4v) is 1.64. The van der Waals surface area contributed by atoms with Gasteiger partial charge < -0.3 is 5.32 Å². The molecule has 0 fully saturated rings. The Balaban J connectivity index is 2.12. The van der Waals surface area contributed by atoms with Gasteiger partial charge in [0.1, 0.15) is 0 Å². The second-order valence-electron chi connectivity index (χ2n) is 4.12. The number of hydrogen-bond donors (Lipinski definition) is 1. The van der Waals surface area contributed by atoms with Crippen LogP contribution < -0.4 is 5.32 Å². The van der Waals surface area contributed by atoms with Gasteiger partial charge in [0.05, 0.1) is 0 Å². The van der Waals surface area contributed by atoms with Crippen LogP contribution in [0, 0.1) is 6.92 Å². The molecule has 0 aliphatic heterocycles. The van der Waals surface area contributed by atoms with Crippen molar-refractivity contribution in [2.24, 2.45) is 0 Å². The zero-order valence-electron chi connectivity index (χ0n) is 10.0. The van der Waals surface area contributed by atoms with Crippen molar-refractivity contribution in [1.29, 1.82) is 0 Å². The minimum atomic E-state index is -0.0660. The Bertz CT molecular complexity index is 504. The van der Waals surface area contributed by atoms with Crippen molar-refractivity contribution in [3.05, 3.63) is 71.0 Å². The van der Waals surface area contributed by atoms with Crippen LogP contribution in [-0.2, 0) is 0 Å². The molecule has 0 bridgehead atoms. The van der Waals surface area contributed by atoms with Gasteiger partial charge in [-0.25, -0.2) is 0 Å². The van der Waals surface area contributed by atoms with E-state index >= 15 is 0 Å². The first-order valence-corrected chi connectivity index (χ1v) is 5.60. The molecule has 1 amide bonds. The molecule has 2 rings (SSSR count). The second kappa shape index (κ2) is 4.83. The highest BCUT2D eigenvalue weighted by atomic mass is 16.1. The van der Waals surface area contributed by atoms with Gasteiger partial charge in [0, 0.05) is 11.3 Å². The molecule has 2 nitrogen and oxygen atoms in total. The fraction of sp³-hybridized carbons (Fsp3) is 0.133. The predicted molar refractivity (Wildman–Crippen MR) is 69.6 cm³/mol. The SMILES string of the molecule is CC(NC(=O)c1ccc(C)cc1)=C1C=CC=C1. The molecule has 1 aromatic rings. The van der Waals surface area contributed by atoms with Crippen molar-refractivity contribution < 1.29 is 4.79 Å². The van der Waals surface area contributed by atoms with E-state index in [4.69, 9.17) is 0 Å². The maximum atomic E-state index is 11.9. The molecular formula is C15H15NO. The van der Waals surface area contributed by atoms with Gasteiger partial charge in [-0.05, 0) is 31.6 Å². The zero-order valence-corrected chi connectivity index (χ0v) is 10.0. The first-order valence-electron chi connectivity index (χ1n) is 5.60. The van der Waals surface area contributed by atoms with E-state index < -0.39 is 0 Å². The Morgan fingerprint density at radius 1 is 1.06 bits per heavy atom. The number of allylic oxidation sites excluding steroid dienone is 6. The van der Waals surface area contributed by atoms with Gasteiger partial charge in [-0.3, -0.25) is 4.79 Å². The summed E-state index contributed by atoms with van der Waals surface area (Å²) in [7, 11) is 0. The molecule has 0 atom stereocenters. The molecule has 1 aliphatic rings. The lowest BCUT2D eigenvalue weighted by atomic mass is 10.1. The minimum absolute atomic E-state index is 0.0660. The Labute approximate surface area is 101 Å². The Morgan fingerprint density at radius 2 is 1.65 bits per heavy atom. The Morgan fingerprint density at radius 3 is 2.24 bits per heavy atom. The molecule has 1 aromatic carbocycles. The van der Waals surface area contributed by atoms with Crippen LogP contribution in [0.5, 0.6) is 0 Å². The summed E-state index contributed by atoms with van der Waals surface area (Å²) < 4.78 is 0. The van der Waals surface area contributed by atoms with Crippen molar-refractivity contribution >= 4 is 5.91 Å². The average Bonchev–Trinajstić information content (AvgIpc) is 2.83. The van der Waals surface area contributed by atoms with Crippen molar-refractivity contribution in [2.45, 2.75) is 13.8 Å². The molecule has 0 saturated heterocycles. The summed E-state index contributed by atoms with van der Waals surface area (Å²) in [6.07, 6.45) is 7.86. The van der Waals surface area contributed by atoms with Gasteiger partial charge >= 0.3 is 0 Å². The third-order valence-electron chi connectivity index (χ3n) is 2.71. The van der Waals surface area contributed by atoms with E-state index in [1.165, 1.54) is 0 Å². The fourth-order valence-electron chi connectivity index (χ4n) is 1.64. The largest absolute Gasteiger partial charge is 0.325 e. The molecule has 2 heteroatoms. The maximum absolute atomic E-state index is 11.9. The third-order valence-corrected chi connectivity index (χ3v) is 2.71. The molecule has 86 valence electrons. The number of carbonyl (C=O) groups excluding carboxylic acids is 1. The van der Waals surface area contributed by atoms with Crippen LogP contribution in [0.2, 0.25) is 0 Å². The quantitative estimate of drug-likeness (QED) is 0.823. The number of carbonyl (C=O) groups is 1. The highest BCUT2D eigenvalue weighted by molar-refractivity contribution is 5.95. The lowest BCUT2D eigenvalue weighted by Crippen LogP contribution is -2.22. The van der Waals surface area contributed by atoms with Crippen molar-refractivity contribution in [3.63, 3.8) is 0 Å². The van der Waals surface area contributed by atoms with Crippen LogP contribution in [0.15, 0.2) is 59.8 Å². The van der Waals surface area contributed by atoms with Gasteiger partial charge in [-0.2, -0.15) is 0 Å². The summed E-state index contributed by atoms with van der Waals surface area (Å²) in [5.74, 6) is -0.0660. The summed E-state index contributed by atoms with van der Waals surface area (Å²) in [4.78, 5) is 11.9. The first kappa shape index (κ1) is 11.4. The minimum Gasteiger partial charge on any atom is -0.325 e. The van der Waals surface area contributed by atoms with Crippen molar-refractivity contribution in [2.75, 3.05) is 0 Å². The topological polar surface area (TPSA) is 29.1 Å². The molecule has 0 unspecified atom stereocenters. The molecular weight excluding hydrogens is 210 g/mol. The molecule has 0 aromatic heterocycles. The number of amides is 1. The molecule has 0 spiro atoms. The zero-order chi connectivity index (χ0) is 12.3. The highest BCUT2D eigenvalue weighted by Gasteiger charge is 2.07. The maximum Gasteiger partial charge on any atom is 0.255 e. The second-order valence-corrected chi connectivity index (χ2v) is 4.12. The monoisotopic (exact) mass is 225 g/mol. The molecule has 1 aliphatic carbocycles. The van der Waals surface area contributed by atoms with Gasteiger partial charge in [0.2, 0.25) is 0 Å². The molecule has 1 N–H and O–H groups in total. The van der Waals surface area contributed by atoms with Crippen LogP contribution in [0.3, 0.4) is 0 Å². The van der Waals surface area contributed by atoms with Crippen LogP contribution in [-0.4, -0.2) is 5.91 Å². The van der Waals surface area contributed by atoms with E-state index in [2.05, 4.69) is 5.32 Å². The average molecular weight is 225 g/mol. The van der Waals surface area contributed by atoms with Crippen molar-refractivity contribution in [1.82, 2.24) is 5.32 Å². The number of nitrogens with one attached hydrogen (secondary N) is 1. The predicted octanol–water partition coefficient (Wildman–Crippen LogP) is 3.12. The molecule has 0 heterocycles. The summed E-state index contributed by atoms with van der Waals surface area (Å²) >= 11 is 0. The van der Waals surface area contributed by atoms with E-state index in [9.17, 15) is 4.79 Å². The van der Waals surface area contributed by atoms with Gasteiger partial charge in [-0.15, -0.1) is 0 Å². The van der Waals surface area contributed by atoms with E-state index in [0.29, 0.717) is 5.56 Å². The summed E-state index contributed by atoms with van der Waals surface area (Å²) in [5.41, 5.74) is 3.76. The van der Waals surface area contributed by atoms with Crippen molar-refractivity contribution in [3.8, 4) is 0 Å². The highest BCUT2D eigenvalue weighted by Crippen LogP contribution is 2.12. The standard InChI is InChI=1S/C15H15NO/c1-11-7-9-14(10-8-11)15(17)16-12(2)13-5-3-4-6-13/h3-10H,1-2H3,(H,16,17). The lowest BCUT2D eigenvalue weighted by molar-refractivity contribution is 0.0966. The van der Waals surface area contributed by atoms with E-state index in [1.807, 2.05) is 62.4 Å². The molecule has 0 radical (unpaired) electrons. The Kier molecular flexibility index (Phi) is 3.24. The smallest absolute Gasteiger partial charge is 0.255 e. The number of aryl methyl sites for hydroxylation is 1.